The average molecular weight is 554 g/mol. The molecule has 1 atom stereocenters. The number of nitrogens with one attached hydrogen (secondary N) is 1. The van der Waals surface area contributed by atoms with E-state index in [0.717, 1.165) is 10.5 Å². The van der Waals surface area contributed by atoms with Crippen LogP contribution in [-0.2, 0) is 14.3 Å². The molecule has 1 aliphatic rings. The molecule has 1 aliphatic heterocycles. The molecule has 208 valence electrons. The van der Waals surface area contributed by atoms with Crippen molar-refractivity contribution in [3.8, 4) is 22.4 Å². The fourth-order valence-electron chi connectivity index (χ4n) is 4.38. The zero-order valence-electron chi connectivity index (χ0n) is 22.4. The Morgan fingerprint density at radius 1 is 0.878 bits per heavy atom. The van der Waals surface area contributed by atoms with Crippen LogP contribution < -0.4 is 10.6 Å². The monoisotopic (exact) mass is 553 g/mol. The molecule has 0 fully saturated rings. The lowest BCUT2D eigenvalue weighted by molar-refractivity contribution is -0.147. The maximum Gasteiger partial charge on any atom is 0.340 e. The Bertz CT molecular complexity index is 1620. The van der Waals surface area contributed by atoms with E-state index in [4.69, 9.17) is 15.2 Å². The first-order valence-electron chi connectivity index (χ1n) is 12.9. The van der Waals surface area contributed by atoms with Crippen LogP contribution in [0.3, 0.4) is 0 Å². The van der Waals surface area contributed by atoms with Crippen molar-refractivity contribution in [1.82, 2.24) is 15.4 Å². The topological polar surface area (TPSA) is 158 Å². The van der Waals surface area contributed by atoms with Crippen molar-refractivity contribution in [2.24, 2.45) is 11.7 Å². The van der Waals surface area contributed by atoms with Gasteiger partial charge in [-0.1, -0.05) is 56.3 Å². The summed E-state index contributed by atoms with van der Waals surface area (Å²) in [4.78, 5) is 53.3. The molecule has 1 aromatic heterocycles. The smallest absolute Gasteiger partial charge is 0.340 e. The number of aromatic amines is 1. The van der Waals surface area contributed by atoms with Crippen molar-refractivity contribution < 1.29 is 28.7 Å². The number of H-pyrrole nitrogens is 1. The third-order valence-electron chi connectivity index (χ3n) is 6.71. The molecular formula is C30H27N5O6. The maximum atomic E-state index is 13.6. The standard InChI is InChI=1S/C30H27N5O6/c1-17(2)26(31)30(39)41-13-12-40-29(38)22-11-8-19(18-6-4-3-5-7-18)15-25(22)35-27(36)21-10-9-20(14-23(21)28(35)37)24-16-32-34-33-24/h3-11,14-17,26H,12-13,31H2,1-2H3,(H,32,33,34)/t26-/m1/s1. The Kier molecular flexibility index (Phi) is 7.70. The molecule has 0 radical (unpaired) electrons. The Morgan fingerprint density at radius 2 is 1.59 bits per heavy atom. The lowest BCUT2D eigenvalue weighted by atomic mass is 10.0. The first-order chi connectivity index (χ1) is 19.8. The number of fused-ring (bicyclic) bond motifs is 1. The molecule has 0 aliphatic carbocycles. The van der Waals surface area contributed by atoms with E-state index in [9.17, 15) is 19.2 Å². The van der Waals surface area contributed by atoms with Crippen LogP contribution in [0.15, 0.2) is 72.9 Å². The van der Waals surface area contributed by atoms with E-state index in [2.05, 4.69) is 15.4 Å². The van der Waals surface area contributed by atoms with Gasteiger partial charge in [0, 0.05) is 5.56 Å². The second-order valence-corrected chi connectivity index (χ2v) is 9.73. The SMILES string of the molecule is CC(C)[C@@H](N)C(=O)OCCOC(=O)c1ccc(-c2ccccc2)cc1N1C(=O)c2ccc(-c3cn[nH]n3)cc2C1=O. The number of rotatable bonds is 9. The Labute approximate surface area is 235 Å². The minimum Gasteiger partial charge on any atom is -0.461 e. The highest BCUT2D eigenvalue weighted by atomic mass is 16.6. The third-order valence-corrected chi connectivity index (χ3v) is 6.71. The number of benzene rings is 3. The van der Waals surface area contributed by atoms with E-state index in [1.807, 2.05) is 30.3 Å². The molecule has 4 aromatic rings. The molecule has 41 heavy (non-hydrogen) atoms. The number of hydrogen-bond acceptors (Lipinski definition) is 9. The largest absolute Gasteiger partial charge is 0.461 e. The molecule has 11 heteroatoms. The number of anilines is 1. The summed E-state index contributed by atoms with van der Waals surface area (Å²) >= 11 is 0. The summed E-state index contributed by atoms with van der Waals surface area (Å²) in [6.07, 6.45) is 1.51. The molecule has 0 saturated carbocycles. The van der Waals surface area contributed by atoms with Crippen LogP contribution in [0.25, 0.3) is 22.4 Å². The molecule has 0 saturated heterocycles. The number of nitrogens with zero attached hydrogens (tertiary/aromatic N) is 3. The number of nitrogens with two attached hydrogens (primary N) is 1. The van der Waals surface area contributed by atoms with E-state index in [1.54, 1.807) is 44.2 Å². The van der Waals surface area contributed by atoms with Gasteiger partial charge in [0.2, 0.25) is 0 Å². The van der Waals surface area contributed by atoms with Crippen LogP contribution in [0.2, 0.25) is 0 Å². The zero-order valence-corrected chi connectivity index (χ0v) is 22.4. The second kappa shape index (κ2) is 11.5. The molecule has 0 unspecified atom stereocenters. The number of imide groups is 1. The number of hydrogen-bond donors (Lipinski definition) is 2. The minimum atomic E-state index is -0.790. The van der Waals surface area contributed by atoms with Crippen molar-refractivity contribution in [1.29, 1.82) is 0 Å². The normalized spacial score (nSPS) is 13.3. The van der Waals surface area contributed by atoms with Gasteiger partial charge in [0.15, 0.2) is 0 Å². The number of aromatic nitrogens is 3. The summed E-state index contributed by atoms with van der Waals surface area (Å²) in [5.41, 5.74) is 8.85. The summed E-state index contributed by atoms with van der Waals surface area (Å²) in [5, 5.41) is 10.3. The quantitative estimate of drug-likeness (QED) is 0.179. The molecular weight excluding hydrogens is 526 g/mol. The van der Waals surface area contributed by atoms with E-state index in [1.165, 1.54) is 12.3 Å². The van der Waals surface area contributed by atoms with Gasteiger partial charge in [-0.05, 0) is 41.3 Å². The molecule has 0 spiro atoms. The van der Waals surface area contributed by atoms with Crippen LogP contribution in [0.1, 0.15) is 44.9 Å². The fraction of sp³-hybridized carbons (Fsp3) is 0.200. The molecule has 11 nitrogen and oxygen atoms in total. The van der Waals surface area contributed by atoms with Crippen LogP contribution >= 0.6 is 0 Å². The lowest BCUT2D eigenvalue weighted by Gasteiger charge is -2.19. The van der Waals surface area contributed by atoms with Gasteiger partial charge in [-0.15, -0.1) is 0 Å². The van der Waals surface area contributed by atoms with E-state index in [0.29, 0.717) is 16.8 Å². The van der Waals surface area contributed by atoms with Crippen molar-refractivity contribution in [3.05, 3.63) is 89.6 Å². The molecule has 5 rings (SSSR count). The molecule has 2 heterocycles. The van der Waals surface area contributed by atoms with Crippen LogP contribution in [0.4, 0.5) is 5.69 Å². The fourth-order valence-corrected chi connectivity index (χ4v) is 4.38. The highest BCUT2D eigenvalue weighted by Gasteiger charge is 2.39. The second-order valence-electron chi connectivity index (χ2n) is 9.73. The summed E-state index contributed by atoms with van der Waals surface area (Å²) in [6, 6.07) is 18.2. The number of carbonyl (C=O) groups is 4. The van der Waals surface area contributed by atoms with Crippen LogP contribution in [0, 0.1) is 5.92 Å². The van der Waals surface area contributed by atoms with Crippen LogP contribution in [-0.4, -0.2) is 58.4 Å². The number of carbonyl (C=O) groups excluding carboxylic acids is 4. The Balaban J connectivity index is 1.44. The third kappa shape index (κ3) is 5.48. The van der Waals surface area contributed by atoms with Crippen molar-refractivity contribution in [2.45, 2.75) is 19.9 Å². The van der Waals surface area contributed by atoms with Gasteiger partial charge in [0.05, 0.1) is 28.6 Å². The molecule has 2 amide bonds. The number of esters is 2. The van der Waals surface area contributed by atoms with Gasteiger partial charge in [-0.2, -0.15) is 15.4 Å². The maximum absolute atomic E-state index is 13.6. The van der Waals surface area contributed by atoms with Crippen molar-refractivity contribution >= 4 is 29.4 Å². The van der Waals surface area contributed by atoms with Crippen molar-refractivity contribution in [2.75, 3.05) is 18.1 Å². The predicted molar refractivity (Wildman–Crippen MR) is 149 cm³/mol. The van der Waals surface area contributed by atoms with Crippen molar-refractivity contribution in [3.63, 3.8) is 0 Å². The van der Waals surface area contributed by atoms with E-state index >= 15 is 0 Å². The van der Waals surface area contributed by atoms with Gasteiger partial charge < -0.3 is 15.2 Å². The van der Waals surface area contributed by atoms with Gasteiger partial charge in [-0.3, -0.25) is 14.4 Å². The van der Waals surface area contributed by atoms with Crippen LogP contribution in [0.5, 0.6) is 0 Å². The minimum absolute atomic E-state index is 0.00104. The van der Waals surface area contributed by atoms with Gasteiger partial charge >= 0.3 is 11.9 Å². The average Bonchev–Trinajstić information content (AvgIpc) is 3.61. The molecule has 0 bridgehead atoms. The summed E-state index contributed by atoms with van der Waals surface area (Å²) in [5.74, 6) is -2.66. The lowest BCUT2D eigenvalue weighted by Crippen LogP contribution is -2.37. The van der Waals surface area contributed by atoms with Gasteiger partial charge in [0.1, 0.15) is 24.9 Å². The van der Waals surface area contributed by atoms with E-state index < -0.39 is 29.8 Å². The summed E-state index contributed by atoms with van der Waals surface area (Å²) in [7, 11) is 0. The highest BCUT2D eigenvalue weighted by Crippen LogP contribution is 2.35. The molecule has 3 N–H and O–H groups in total. The number of ether oxygens (including phenoxy) is 2. The Morgan fingerprint density at radius 3 is 2.29 bits per heavy atom. The van der Waals surface area contributed by atoms with Gasteiger partial charge in [0.25, 0.3) is 11.8 Å². The summed E-state index contributed by atoms with van der Waals surface area (Å²) in [6.45, 7) is 3.15. The van der Waals surface area contributed by atoms with Gasteiger partial charge in [-0.25, -0.2) is 9.69 Å². The molecule has 3 aromatic carbocycles. The summed E-state index contributed by atoms with van der Waals surface area (Å²) < 4.78 is 10.5. The van der Waals surface area contributed by atoms with E-state index in [-0.39, 0.29) is 41.5 Å². The Hall–Kier alpha value is -5.16. The first kappa shape index (κ1) is 27.4. The zero-order chi connectivity index (χ0) is 29.1. The highest BCUT2D eigenvalue weighted by molar-refractivity contribution is 6.35. The first-order valence-corrected chi connectivity index (χ1v) is 12.9. The number of amides is 2. The predicted octanol–water partition coefficient (Wildman–Crippen LogP) is 3.62.